The zero-order chi connectivity index (χ0) is 13.5. The molecule has 0 aromatic heterocycles. The SMILES string of the molecule is CC(=O)OC1(c2ccccc2)CC2CCC(C1)N2C. The molecule has 0 N–H and O–H groups in total. The van der Waals surface area contributed by atoms with Crippen LogP contribution in [0, 0.1) is 0 Å². The summed E-state index contributed by atoms with van der Waals surface area (Å²) in [6.07, 6.45) is 4.28. The Hall–Kier alpha value is -1.35. The van der Waals surface area contributed by atoms with Crippen LogP contribution in [0.15, 0.2) is 30.3 Å². The predicted octanol–water partition coefficient (Wildman–Crippen LogP) is 2.70. The van der Waals surface area contributed by atoms with Crippen LogP contribution < -0.4 is 0 Å². The first-order valence-electron chi connectivity index (χ1n) is 7.08. The van der Waals surface area contributed by atoms with Crippen molar-refractivity contribution in [3.63, 3.8) is 0 Å². The number of rotatable bonds is 2. The summed E-state index contributed by atoms with van der Waals surface area (Å²) in [5, 5.41) is 0. The average molecular weight is 259 g/mol. The molecule has 2 unspecified atom stereocenters. The number of hydrogen-bond donors (Lipinski definition) is 0. The highest BCUT2D eigenvalue weighted by Gasteiger charge is 2.49. The molecule has 2 bridgehead atoms. The fraction of sp³-hybridized carbons (Fsp3) is 0.562. The van der Waals surface area contributed by atoms with Gasteiger partial charge in [-0.1, -0.05) is 30.3 Å². The van der Waals surface area contributed by atoms with Crippen LogP contribution in [0.1, 0.15) is 38.2 Å². The third-order valence-corrected chi connectivity index (χ3v) is 4.75. The Labute approximate surface area is 114 Å². The van der Waals surface area contributed by atoms with E-state index in [4.69, 9.17) is 4.74 Å². The van der Waals surface area contributed by atoms with Gasteiger partial charge in [-0.3, -0.25) is 4.79 Å². The minimum absolute atomic E-state index is 0.173. The van der Waals surface area contributed by atoms with E-state index in [-0.39, 0.29) is 5.97 Å². The van der Waals surface area contributed by atoms with Crippen molar-refractivity contribution >= 4 is 5.97 Å². The van der Waals surface area contributed by atoms with Gasteiger partial charge in [-0.2, -0.15) is 0 Å². The summed E-state index contributed by atoms with van der Waals surface area (Å²) in [6, 6.07) is 11.3. The van der Waals surface area contributed by atoms with Crippen LogP contribution in [0.4, 0.5) is 0 Å². The Kier molecular flexibility index (Phi) is 3.09. The standard InChI is InChI=1S/C16H21NO2/c1-12(18)19-16(13-6-4-3-5-7-13)10-14-8-9-15(11-16)17(14)2/h3-7,14-15H,8-11H2,1-2H3. The van der Waals surface area contributed by atoms with Gasteiger partial charge in [0.2, 0.25) is 0 Å². The third-order valence-electron chi connectivity index (χ3n) is 4.75. The second kappa shape index (κ2) is 4.64. The highest BCUT2D eigenvalue weighted by Crippen LogP contribution is 2.47. The quantitative estimate of drug-likeness (QED) is 0.765. The summed E-state index contributed by atoms with van der Waals surface area (Å²) in [5.74, 6) is -0.173. The van der Waals surface area contributed by atoms with E-state index in [1.54, 1.807) is 0 Å². The van der Waals surface area contributed by atoms with Crippen molar-refractivity contribution in [2.75, 3.05) is 7.05 Å². The smallest absolute Gasteiger partial charge is 0.303 e. The molecule has 0 aliphatic carbocycles. The summed E-state index contributed by atoms with van der Waals surface area (Å²) >= 11 is 0. The topological polar surface area (TPSA) is 29.5 Å². The van der Waals surface area contributed by atoms with Gasteiger partial charge < -0.3 is 9.64 Å². The lowest BCUT2D eigenvalue weighted by atomic mass is 9.80. The van der Waals surface area contributed by atoms with Gasteiger partial charge in [0.1, 0.15) is 5.60 Å². The van der Waals surface area contributed by atoms with Gasteiger partial charge in [-0.25, -0.2) is 0 Å². The van der Waals surface area contributed by atoms with E-state index in [0.717, 1.165) is 18.4 Å². The molecule has 19 heavy (non-hydrogen) atoms. The first kappa shape index (κ1) is 12.7. The first-order chi connectivity index (χ1) is 9.11. The van der Waals surface area contributed by atoms with E-state index in [1.165, 1.54) is 19.8 Å². The van der Waals surface area contributed by atoms with E-state index in [9.17, 15) is 4.79 Å². The molecular weight excluding hydrogens is 238 g/mol. The van der Waals surface area contributed by atoms with Crippen molar-refractivity contribution in [1.82, 2.24) is 4.90 Å². The number of carbonyl (C=O) groups excluding carboxylic acids is 1. The zero-order valence-electron chi connectivity index (χ0n) is 11.6. The molecular formula is C16H21NO2. The molecule has 0 radical (unpaired) electrons. The number of nitrogens with zero attached hydrogens (tertiary/aromatic N) is 1. The van der Waals surface area contributed by atoms with E-state index in [1.807, 2.05) is 18.2 Å². The molecule has 102 valence electrons. The minimum atomic E-state index is -0.411. The van der Waals surface area contributed by atoms with E-state index in [0.29, 0.717) is 12.1 Å². The maximum absolute atomic E-state index is 11.6. The lowest BCUT2D eigenvalue weighted by Gasteiger charge is -2.44. The van der Waals surface area contributed by atoms with Crippen LogP contribution in [0.3, 0.4) is 0 Å². The molecule has 3 rings (SSSR count). The number of esters is 1. The van der Waals surface area contributed by atoms with Crippen molar-refractivity contribution < 1.29 is 9.53 Å². The fourth-order valence-corrected chi connectivity index (χ4v) is 3.82. The lowest BCUT2D eigenvalue weighted by molar-refractivity contribution is -0.167. The normalized spacial score (nSPS) is 34.2. The average Bonchev–Trinajstić information content (AvgIpc) is 2.63. The van der Waals surface area contributed by atoms with E-state index in [2.05, 4.69) is 24.1 Å². The summed E-state index contributed by atoms with van der Waals surface area (Å²) in [4.78, 5) is 14.0. The van der Waals surface area contributed by atoms with Crippen LogP contribution in [0.2, 0.25) is 0 Å². The molecule has 2 atom stereocenters. The molecule has 1 aromatic rings. The monoisotopic (exact) mass is 259 g/mol. The predicted molar refractivity (Wildman–Crippen MR) is 73.7 cm³/mol. The summed E-state index contributed by atoms with van der Waals surface area (Å²) in [6.45, 7) is 1.52. The molecule has 0 saturated carbocycles. The Balaban J connectivity index is 1.97. The number of hydrogen-bond acceptors (Lipinski definition) is 3. The third kappa shape index (κ3) is 2.16. The van der Waals surface area contributed by atoms with Gasteiger partial charge in [0, 0.05) is 31.8 Å². The zero-order valence-corrected chi connectivity index (χ0v) is 11.6. The highest BCUT2D eigenvalue weighted by atomic mass is 16.6. The van der Waals surface area contributed by atoms with Crippen molar-refractivity contribution in [3.8, 4) is 0 Å². The summed E-state index contributed by atoms with van der Waals surface area (Å²) in [7, 11) is 2.20. The molecule has 0 amide bonds. The molecule has 2 saturated heterocycles. The van der Waals surface area contributed by atoms with Gasteiger partial charge in [0.05, 0.1) is 0 Å². The molecule has 2 fully saturated rings. The van der Waals surface area contributed by atoms with Crippen molar-refractivity contribution in [3.05, 3.63) is 35.9 Å². The van der Waals surface area contributed by atoms with Crippen LogP contribution in [-0.2, 0) is 15.1 Å². The van der Waals surface area contributed by atoms with Crippen molar-refractivity contribution in [2.45, 2.75) is 50.3 Å². The largest absolute Gasteiger partial charge is 0.454 e. The highest BCUT2D eigenvalue weighted by molar-refractivity contribution is 5.67. The molecule has 2 aliphatic heterocycles. The van der Waals surface area contributed by atoms with Crippen molar-refractivity contribution in [2.24, 2.45) is 0 Å². The van der Waals surface area contributed by atoms with Gasteiger partial charge in [-0.05, 0) is 25.5 Å². The molecule has 3 heteroatoms. The maximum Gasteiger partial charge on any atom is 0.303 e. The van der Waals surface area contributed by atoms with Gasteiger partial charge in [0.25, 0.3) is 0 Å². The number of piperidine rings is 1. The Morgan fingerprint density at radius 3 is 2.32 bits per heavy atom. The Morgan fingerprint density at radius 2 is 1.79 bits per heavy atom. The molecule has 0 spiro atoms. The second-order valence-electron chi connectivity index (χ2n) is 5.91. The molecule has 2 heterocycles. The number of fused-ring (bicyclic) bond motifs is 2. The summed E-state index contributed by atoms with van der Waals surface area (Å²) < 4.78 is 5.83. The minimum Gasteiger partial charge on any atom is -0.454 e. The van der Waals surface area contributed by atoms with E-state index < -0.39 is 5.60 Å². The number of carbonyl (C=O) groups is 1. The van der Waals surface area contributed by atoms with Gasteiger partial charge in [0.15, 0.2) is 0 Å². The summed E-state index contributed by atoms with van der Waals surface area (Å²) in [5.41, 5.74) is 0.737. The molecule has 3 nitrogen and oxygen atoms in total. The van der Waals surface area contributed by atoms with Crippen molar-refractivity contribution in [1.29, 1.82) is 0 Å². The number of ether oxygens (including phenoxy) is 1. The fourth-order valence-electron chi connectivity index (χ4n) is 3.82. The Morgan fingerprint density at radius 1 is 1.21 bits per heavy atom. The van der Waals surface area contributed by atoms with Crippen LogP contribution in [-0.4, -0.2) is 30.0 Å². The molecule has 1 aromatic carbocycles. The van der Waals surface area contributed by atoms with E-state index >= 15 is 0 Å². The van der Waals surface area contributed by atoms with Crippen LogP contribution >= 0.6 is 0 Å². The maximum atomic E-state index is 11.6. The Bertz CT molecular complexity index is 457. The van der Waals surface area contributed by atoms with Gasteiger partial charge >= 0.3 is 5.97 Å². The second-order valence-corrected chi connectivity index (χ2v) is 5.91. The van der Waals surface area contributed by atoms with Crippen LogP contribution in [0.5, 0.6) is 0 Å². The number of benzene rings is 1. The lowest BCUT2D eigenvalue weighted by Crippen LogP contribution is -2.49. The van der Waals surface area contributed by atoms with Crippen LogP contribution in [0.25, 0.3) is 0 Å². The van der Waals surface area contributed by atoms with Gasteiger partial charge in [-0.15, -0.1) is 0 Å². The first-order valence-corrected chi connectivity index (χ1v) is 7.08. The molecule has 2 aliphatic rings.